The number of carboxylic acid groups (broad SMARTS) is 1. The van der Waals surface area contributed by atoms with E-state index in [4.69, 9.17) is 5.11 Å². The highest BCUT2D eigenvalue weighted by molar-refractivity contribution is 7.99. The first kappa shape index (κ1) is 9.86. The van der Waals surface area contributed by atoms with Gasteiger partial charge < -0.3 is 10.2 Å². The van der Waals surface area contributed by atoms with Crippen molar-refractivity contribution in [2.24, 2.45) is 5.92 Å². The van der Waals surface area contributed by atoms with Gasteiger partial charge in [-0.15, -0.1) is 0 Å². The van der Waals surface area contributed by atoms with E-state index >= 15 is 0 Å². The van der Waals surface area contributed by atoms with Crippen LogP contribution in [0.1, 0.15) is 19.3 Å². The molecule has 70 valence electrons. The molecule has 1 aliphatic heterocycles. The molecular formula is C8H14O3S. The summed E-state index contributed by atoms with van der Waals surface area (Å²) in [6.45, 7) is 0. The van der Waals surface area contributed by atoms with Crippen molar-refractivity contribution in [2.75, 3.05) is 11.5 Å². The topological polar surface area (TPSA) is 57.5 Å². The summed E-state index contributed by atoms with van der Waals surface area (Å²) in [7, 11) is 0. The van der Waals surface area contributed by atoms with E-state index in [9.17, 15) is 9.90 Å². The summed E-state index contributed by atoms with van der Waals surface area (Å²) in [5, 5.41) is 17.9. The van der Waals surface area contributed by atoms with E-state index in [0.717, 1.165) is 17.9 Å². The van der Waals surface area contributed by atoms with Gasteiger partial charge >= 0.3 is 5.97 Å². The van der Waals surface area contributed by atoms with Crippen LogP contribution in [0.5, 0.6) is 0 Å². The van der Waals surface area contributed by atoms with Crippen molar-refractivity contribution in [3.63, 3.8) is 0 Å². The number of thioether (sulfide) groups is 1. The van der Waals surface area contributed by atoms with Crippen molar-refractivity contribution >= 4 is 17.7 Å². The summed E-state index contributed by atoms with van der Waals surface area (Å²) in [4.78, 5) is 10.3. The smallest absolute Gasteiger partial charge is 0.303 e. The number of carbonyl (C=O) groups is 1. The molecule has 0 bridgehead atoms. The minimum absolute atomic E-state index is 0.187. The lowest BCUT2D eigenvalue weighted by Crippen LogP contribution is -2.28. The van der Waals surface area contributed by atoms with Crippen LogP contribution in [0.25, 0.3) is 0 Å². The second kappa shape index (κ2) is 4.72. The molecule has 1 heterocycles. The van der Waals surface area contributed by atoms with Crippen LogP contribution in [0.4, 0.5) is 0 Å². The normalized spacial score (nSPS) is 30.1. The Balaban J connectivity index is 2.24. The quantitative estimate of drug-likeness (QED) is 0.696. The number of carboxylic acids is 1. The first-order chi connectivity index (χ1) is 5.70. The Labute approximate surface area is 76.2 Å². The van der Waals surface area contributed by atoms with Gasteiger partial charge in [0, 0.05) is 12.2 Å². The lowest BCUT2D eigenvalue weighted by Gasteiger charge is -2.26. The van der Waals surface area contributed by atoms with Gasteiger partial charge in [-0.25, -0.2) is 0 Å². The first-order valence-corrected chi connectivity index (χ1v) is 5.33. The summed E-state index contributed by atoms with van der Waals surface area (Å²) < 4.78 is 0. The van der Waals surface area contributed by atoms with Crippen molar-refractivity contribution in [1.29, 1.82) is 0 Å². The molecule has 0 aromatic rings. The van der Waals surface area contributed by atoms with E-state index in [1.165, 1.54) is 0 Å². The SMILES string of the molecule is O=C(O)CC[C@H]1CCSC[C@H]1O. The van der Waals surface area contributed by atoms with Crippen LogP contribution in [-0.2, 0) is 4.79 Å². The fourth-order valence-corrected chi connectivity index (χ4v) is 2.56. The minimum atomic E-state index is -0.763. The van der Waals surface area contributed by atoms with Gasteiger partial charge in [0.15, 0.2) is 0 Å². The van der Waals surface area contributed by atoms with E-state index in [2.05, 4.69) is 0 Å². The van der Waals surface area contributed by atoms with Crippen LogP contribution in [0.15, 0.2) is 0 Å². The molecule has 0 amide bonds. The van der Waals surface area contributed by atoms with Gasteiger partial charge in [0.25, 0.3) is 0 Å². The maximum Gasteiger partial charge on any atom is 0.303 e. The molecule has 0 aliphatic carbocycles. The van der Waals surface area contributed by atoms with Crippen LogP contribution >= 0.6 is 11.8 Å². The van der Waals surface area contributed by atoms with E-state index in [-0.39, 0.29) is 18.4 Å². The maximum absolute atomic E-state index is 10.3. The van der Waals surface area contributed by atoms with Crippen LogP contribution < -0.4 is 0 Å². The molecule has 0 unspecified atom stereocenters. The van der Waals surface area contributed by atoms with Gasteiger partial charge in [0.2, 0.25) is 0 Å². The Morgan fingerprint density at radius 1 is 1.58 bits per heavy atom. The molecule has 12 heavy (non-hydrogen) atoms. The summed E-state index contributed by atoms with van der Waals surface area (Å²) in [6.07, 6.45) is 1.48. The molecule has 0 aromatic carbocycles. The zero-order valence-electron chi connectivity index (χ0n) is 6.90. The van der Waals surface area contributed by atoms with Crippen molar-refractivity contribution in [3.8, 4) is 0 Å². The number of rotatable bonds is 3. The van der Waals surface area contributed by atoms with Crippen LogP contribution in [0.2, 0.25) is 0 Å². The van der Waals surface area contributed by atoms with Gasteiger partial charge in [-0.1, -0.05) is 0 Å². The summed E-state index contributed by atoms with van der Waals surface area (Å²) in [5.41, 5.74) is 0. The molecule has 1 fully saturated rings. The van der Waals surface area contributed by atoms with Crippen LogP contribution in [0, 0.1) is 5.92 Å². The Morgan fingerprint density at radius 3 is 2.92 bits per heavy atom. The molecule has 0 spiro atoms. The molecule has 1 saturated heterocycles. The zero-order chi connectivity index (χ0) is 8.97. The van der Waals surface area contributed by atoms with E-state index < -0.39 is 5.97 Å². The number of aliphatic carboxylic acids is 1. The average Bonchev–Trinajstić information content (AvgIpc) is 2.03. The van der Waals surface area contributed by atoms with Crippen molar-refractivity contribution in [3.05, 3.63) is 0 Å². The number of hydrogen-bond donors (Lipinski definition) is 2. The molecule has 0 aromatic heterocycles. The average molecular weight is 190 g/mol. The Hall–Kier alpha value is -0.220. The predicted molar refractivity (Wildman–Crippen MR) is 48.3 cm³/mol. The van der Waals surface area contributed by atoms with E-state index in [1.54, 1.807) is 11.8 Å². The lowest BCUT2D eigenvalue weighted by molar-refractivity contribution is -0.137. The molecule has 1 rings (SSSR count). The van der Waals surface area contributed by atoms with Gasteiger partial charge in [-0.3, -0.25) is 4.79 Å². The highest BCUT2D eigenvalue weighted by Crippen LogP contribution is 2.26. The number of aliphatic hydroxyl groups is 1. The third-order valence-electron chi connectivity index (χ3n) is 2.19. The lowest BCUT2D eigenvalue weighted by atomic mass is 9.95. The Bertz CT molecular complexity index is 160. The van der Waals surface area contributed by atoms with E-state index in [0.29, 0.717) is 6.42 Å². The largest absolute Gasteiger partial charge is 0.481 e. The molecule has 3 nitrogen and oxygen atoms in total. The van der Waals surface area contributed by atoms with Crippen LogP contribution in [-0.4, -0.2) is 33.8 Å². The van der Waals surface area contributed by atoms with Crippen molar-refractivity contribution < 1.29 is 15.0 Å². The second-order valence-corrected chi connectivity index (χ2v) is 4.27. The summed E-state index contributed by atoms with van der Waals surface area (Å²) >= 11 is 1.74. The monoisotopic (exact) mass is 190 g/mol. The highest BCUT2D eigenvalue weighted by Gasteiger charge is 2.23. The number of hydrogen-bond acceptors (Lipinski definition) is 3. The standard InChI is InChI=1S/C8H14O3S/c9-7-5-12-4-3-6(7)1-2-8(10)11/h6-7,9H,1-5H2,(H,10,11)/t6-,7+/m0/s1. The summed E-state index contributed by atoms with van der Waals surface area (Å²) in [6, 6.07) is 0. The molecule has 2 atom stereocenters. The van der Waals surface area contributed by atoms with Gasteiger partial charge in [-0.2, -0.15) is 11.8 Å². The maximum atomic E-state index is 10.3. The van der Waals surface area contributed by atoms with E-state index in [1.807, 2.05) is 0 Å². The third kappa shape index (κ3) is 3.03. The zero-order valence-corrected chi connectivity index (χ0v) is 7.72. The van der Waals surface area contributed by atoms with Crippen molar-refractivity contribution in [1.82, 2.24) is 0 Å². The third-order valence-corrected chi connectivity index (χ3v) is 3.30. The van der Waals surface area contributed by atoms with Gasteiger partial charge in [-0.05, 0) is 24.5 Å². The summed E-state index contributed by atoms with van der Waals surface area (Å²) in [5.74, 6) is 1.27. The highest BCUT2D eigenvalue weighted by atomic mass is 32.2. The molecule has 4 heteroatoms. The molecule has 0 saturated carbocycles. The minimum Gasteiger partial charge on any atom is -0.481 e. The molecule has 1 aliphatic rings. The Kier molecular flexibility index (Phi) is 3.88. The predicted octanol–water partition coefficient (Wildman–Crippen LogP) is 0.965. The molecular weight excluding hydrogens is 176 g/mol. The van der Waals surface area contributed by atoms with Gasteiger partial charge in [0.05, 0.1) is 6.10 Å². The van der Waals surface area contributed by atoms with Crippen LogP contribution in [0.3, 0.4) is 0 Å². The molecule has 2 N–H and O–H groups in total. The fourth-order valence-electron chi connectivity index (χ4n) is 1.41. The van der Waals surface area contributed by atoms with Crippen molar-refractivity contribution in [2.45, 2.75) is 25.4 Å². The molecule has 0 radical (unpaired) electrons. The first-order valence-electron chi connectivity index (χ1n) is 4.17. The second-order valence-electron chi connectivity index (χ2n) is 3.12. The Morgan fingerprint density at radius 2 is 2.33 bits per heavy atom. The fraction of sp³-hybridized carbons (Fsp3) is 0.875. The number of aliphatic hydroxyl groups excluding tert-OH is 1. The van der Waals surface area contributed by atoms with Gasteiger partial charge in [0.1, 0.15) is 0 Å².